The predicted molar refractivity (Wildman–Crippen MR) is 75.0 cm³/mol. The normalized spacial score (nSPS) is 23.8. The molecule has 0 aliphatic heterocycles. The third-order valence-corrected chi connectivity index (χ3v) is 3.76. The molecule has 1 aliphatic carbocycles. The first-order valence-electron chi connectivity index (χ1n) is 6.69. The van der Waals surface area contributed by atoms with Crippen LogP contribution in [0.3, 0.4) is 0 Å². The van der Waals surface area contributed by atoms with E-state index in [4.69, 9.17) is 9.52 Å². The number of carbonyl (C=O) groups is 1. The molecule has 110 valence electrons. The van der Waals surface area contributed by atoms with Crippen molar-refractivity contribution in [2.75, 3.05) is 5.32 Å². The Morgan fingerprint density at radius 3 is 2.90 bits per heavy atom. The number of amides is 1. The number of nitrogens with zero attached hydrogens (tertiary/aromatic N) is 2. The van der Waals surface area contributed by atoms with E-state index in [1.165, 1.54) is 5.56 Å². The van der Waals surface area contributed by atoms with E-state index in [-0.39, 0.29) is 11.6 Å². The summed E-state index contributed by atoms with van der Waals surface area (Å²) in [5.74, 6) is 0.830. The maximum atomic E-state index is 10.5. The summed E-state index contributed by atoms with van der Waals surface area (Å²) in [7, 11) is 0. The molecule has 0 saturated heterocycles. The Labute approximate surface area is 121 Å². The Balaban J connectivity index is 1.56. The average molecular weight is 288 g/mol. The van der Waals surface area contributed by atoms with Gasteiger partial charge < -0.3 is 14.8 Å². The fourth-order valence-electron chi connectivity index (χ4n) is 2.48. The fraction of sp³-hybridized carbons (Fsp3) is 0.357. The number of hydrogen-bond donors (Lipinski definition) is 3. The first kappa shape index (κ1) is 13.6. The van der Waals surface area contributed by atoms with Crippen LogP contribution >= 0.6 is 0 Å². The molecule has 1 saturated carbocycles. The Hall–Kier alpha value is -2.41. The Bertz CT molecular complexity index is 643. The molecule has 1 amide bonds. The minimum absolute atomic E-state index is 0.0101. The summed E-state index contributed by atoms with van der Waals surface area (Å²) in [5, 5.41) is 21.4. The number of anilines is 1. The first-order chi connectivity index (χ1) is 10.1. The standard InChI is InChI=1S/C14H16N4O3/c1-14(7-10(14)9-5-3-2-4-6-9)15-8-11-17-18-12(21-11)16-13(19)20/h2-6,10,15H,7-8H2,1H3,(H,16,18)(H,19,20)/t10-,14+/m0/s1. The van der Waals surface area contributed by atoms with Gasteiger partial charge in [-0.2, -0.15) is 0 Å². The van der Waals surface area contributed by atoms with Crippen LogP contribution < -0.4 is 10.6 Å². The highest BCUT2D eigenvalue weighted by atomic mass is 16.4. The van der Waals surface area contributed by atoms with Crippen molar-refractivity contribution in [2.24, 2.45) is 0 Å². The lowest BCUT2D eigenvalue weighted by Crippen LogP contribution is -2.29. The quantitative estimate of drug-likeness (QED) is 0.779. The smallest absolute Gasteiger partial charge is 0.412 e. The number of rotatable bonds is 5. The van der Waals surface area contributed by atoms with Crippen LogP contribution in [0, 0.1) is 0 Å². The molecule has 1 aromatic carbocycles. The van der Waals surface area contributed by atoms with E-state index in [0.29, 0.717) is 18.4 Å². The molecule has 3 rings (SSSR count). The van der Waals surface area contributed by atoms with Crippen LogP contribution in [0.2, 0.25) is 0 Å². The highest BCUT2D eigenvalue weighted by molar-refractivity contribution is 5.79. The molecular formula is C14H16N4O3. The predicted octanol–water partition coefficient (Wildman–Crippen LogP) is 2.20. The molecule has 2 aromatic rings. The van der Waals surface area contributed by atoms with Crippen molar-refractivity contribution in [3.05, 3.63) is 41.8 Å². The number of benzene rings is 1. The maximum Gasteiger partial charge on any atom is 0.412 e. The molecule has 2 atom stereocenters. The van der Waals surface area contributed by atoms with E-state index in [0.717, 1.165) is 6.42 Å². The molecule has 0 bridgehead atoms. The minimum Gasteiger partial charge on any atom is -0.465 e. The highest BCUT2D eigenvalue weighted by Gasteiger charge is 2.50. The summed E-state index contributed by atoms with van der Waals surface area (Å²) in [6, 6.07) is 10.2. The molecule has 1 aliphatic rings. The topological polar surface area (TPSA) is 100 Å². The number of hydrogen-bond acceptors (Lipinski definition) is 5. The van der Waals surface area contributed by atoms with E-state index in [9.17, 15) is 4.79 Å². The lowest BCUT2D eigenvalue weighted by molar-refractivity contribution is 0.209. The summed E-state index contributed by atoms with van der Waals surface area (Å²) in [4.78, 5) is 10.5. The fourth-order valence-corrected chi connectivity index (χ4v) is 2.48. The first-order valence-corrected chi connectivity index (χ1v) is 6.69. The van der Waals surface area contributed by atoms with Crippen molar-refractivity contribution in [2.45, 2.75) is 31.3 Å². The zero-order chi connectivity index (χ0) is 14.9. The SMILES string of the molecule is C[C@@]1(NCc2nnc(NC(=O)O)o2)C[C@H]1c1ccccc1. The Morgan fingerprint density at radius 1 is 1.43 bits per heavy atom. The number of nitrogens with one attached hydrogen (secondary N) is 2. The maximum absolute atomic E-state index is 10.5. The molecule has 1 fully saturated rings. The van der Waals surface area contributed by atoms with Crippen LogP contribution in [0.5, 0.6) is 0 Å². The van der Waals surface area contributed by atoms with Gasteiger partial charge in [0.2, 0.25) is 5.89 Å². The van der Waals surface area contributed by atoms with Gasteiger partial charge in [0, 0.05) is 11.5 Å². The van der Waals surface area contributed by atoms with Gasteiger partial charge in [0.15, 0.2) is 0 Å². The van der Waals surface area contributed by atoms with Gasteiger partial charge in [-0.25, -0.2) is 10.1 Å². The van der Waals surface area contributed by atoms with Gasteiger partial charge in [0.05, 0.1) is 6.54 Å². The minimum atomic E-state index is -1.23. The molecule has 0 unspecified atom stereocenters. The third kappa shape index (κ3) is 3.03. The van der Waals surface area contributed by atoms with Gasteiger partial charge in [-0.3, -0.25) is 0 Å². The summed E-state index contributed by atoms with van der Waals surface area (Å²) >= 11 is 0. The average Bonchev–Trinajstić information content (AvgIpc) is 2.94. The van der Waals surface area contributed by atoms with Crippen LogP contribution in [0.4, 0.5) is 10.8 Å². The number of carboxylic acid groups (broad SMARTS) is 1. The largest absolute Gasteiger partial charge is 0.465 e. The summed E-state index contributed by atoms with van der Waals surface area (Å²) in [5.41, 5.74) is 1.32. The van der Waals surface area contributed by atoms with E-state index >= 15 is 0 Å². The van der Waals surface area contributed by atoms with E-state index in [2.05, 4.69) is 34.6 Å². The van der Waals surface area contributed by atoms with Gasteiger partial charge in [0.25, 0.3) is 0 Å². The zero-order valence-electron chi connectivity index (χ0n) is 11.5. The van der Waals surface area contributed by atoms with Gasteiger partial charge >= 0.3 is 12.1 Å². The Morgan fingerprint density at radius 2 is 2.19 bits per heavy atom. The van der Waals surface area contributed by atoms with Gasteiger partial charge in [-0.05, 0) is 18.9 Å². The van der Waals surface area contributed by atoms with Gasteiger partial charge in [-0.1, -0.05) is 35.4 Å². The van der Waals surface area contributed by atoms with Crippen molar-refractivity contribution in [1.82, 2.24) is 15.5 Å². The van der Waals surface area contributed by atoms with E-state index in [1.807, 2.05) is 23.5 Å². The second kappa shape index (κ2) is 5.17. The van der Waals surface area contributed by atoms with Crippen molar-refractivity contribution < 1.29 is 14.3 Å². The monoisotopic (exact) mass is 288 g/mol. The summed E-state index contributed by atoms with van der Waals surface area (Å²) in [6.07, 6.45) is -0.178. The van der Waals surface area contributed by atoms with Crippen molar-refractivity contribution in [3.63, 3.8) is 0 Å². The Kier molecular flexibility index (Phi) is 3.34. The summed E-state index contributed by atoms with van der Waals surface area (Å²) in [6.45, 7) is 2.56. The molecular weight excluding hydrogens is 272 g/mol. The van der Waals surface area contributed by atoms with Crippen molar-refractivity contribution in [1.29, 1.82) is 0 Å². The van der Waals surface area contributed by atoms with Crippen LogP contribution in [0.25, 0.3) is 0 Å². The second-order valence-corrected chi connectivity index (χ2v) is 5.37. The highest BCUT2D eigenvalue weighted by Crippen LogP contribution is 2.51. The van der Waals surface area contributed by atoms with E-state index < -0.39 is 6.09 Å². The van der Waals surface area contributed by atoms with Crippen LogP contribution in [-0.4, -0.2) is 26.9 Å². The lowest BCUT2D eigenvalue weighted by Gasteiger charge is -2.12. The van der Waals surface area contributed by atoms with Crippen molar-refractivity contribution >= 4 is 12.1 Å². The van der Waals surface area contributed by atoms with Crippen LogP contribution in [0.1, 0.15) is 30.7 Å². The van der Waals surface area contributed by atoms with Crippen LogP contribution in [0.15, 0.2) is 34.7 Å². The van der Waals surface area contributed by atoms with Gasteiger partial charge in [0.1, 0.15) is 0 Å². The molecule has 21 heavy (non-hydrogen) atoms. The van der Waals surface area contributed by atoms with Crippen molar-refractivity contribution in [3.8, 4) is 0 Å². The molecule has 7 heteroatoms. The molecule has 1 aromatic heterocycles. The number of aromatic nitrogens is 2. The van der Waals surface area contributed by atoms with E-state index in [1.54, 1.807) is 0 Å². The van der Waals surface area contributed by atoms with Gasteiger partial charge in [-0.15, -0.1) is 5.10 Å². The second-order valence-electron chi connectivity index (χ2n) is 5.37. The molecule has 7 nitrogen and oxygen atoms in total. The molecule has 0 spiro atoms. The zero-order valence-corrected chi connectivity index (χ0v) is 11.5. The molecule has 1 heterocycles. The molecule has 3 N–H and O–H groups in total. The third-order valence-electron chi connectivity index (χ3n) is 3.76. The lowest BCUT2D eigenvalue weighted by atomic mass is 10.1. The molecule has 0 radical (unpaired) electrons. The summed E-state index contributed by atoms with van der Waals surface area (Å²) < 4.78 is 5.18. The van der Waals surface area contributed by atoms with Crippen LogP contribution in [-0.2, 0) is 6.54 Å².